The maximum absolute atomic E-state index is 12.4. The lowest BCUT2D eigenvalue weighted by Crippen LogP contribution is -2.24. The molecule has 0 saturated carbocycles. The average Bonchev–Trinajstić information content (AvgIpc) is 2.15. The molecule has 0 aliphatic carbocycles. The van der Waals surface area contributed by atoms with E-state index < -0.39 is 17.9 Å². The Kier molecular flexibility index (Phi) is 3.40. The van der Waals surface area contributed by atoms with Crippen molar-refractivity contribution in [3.63, 3.8) is 0 Å². The molecule has 0 aliphatic rings. The molecule has 4 nitrogen and oxygen atoms in total. The zero-order valence-corrected chi connectivity index (χ0v) is 8.62. The third kappa shape index (κ3) is 2.74. The van der Waals surface area contributed by atoms with Crippen LogP contribution in [0.2, 0.25) is 0 Å². The van der Waals surface area contributed by atoms with Crippen LogP contribution in [0.4, 0.5) is 13.2 Å². The van der Waals surface area contributed by atoms with Crippen molar-refractivity contribution in [1.82, 2.24) is 0 Å². The number of hydrogen-bond donors (Lipinski definition) is 2. The highest BCUT2D eigenvalue weighted by atomic mass is 19.4. The molecule has 7 heteroatoms. The van der Waals surface area contributed by atoms with Crippen molar-refractivity contribution >= 4 is 11.7 Å². The van der Waals surface area contributed by atoms with E-state index in [0.717, 1.165) is 18.2 Å². The molecule has 0 saturated heterocycles. The molecule has 1 rings (SSSR count). The molecular weight excluding hydrogens is 239 g/mol. The quantitative estimate of drug-likeness (QED) is 0.479. The van der Waals surface area contributed by atoms with Gasteiger partial charge in [0, 0.05) is 5.56 Å². The SMILES string of the molecule is Cc1cc(C(=NO)C(F)(F)F)ccc1C(=O)O. The fourth-order valence-electron chi connectivity index (χ4n) is 1.33. The molecule has 0 aliphatic heterocycles. The van der Waals surface area contributed by atoms with Crippen molar-refractivity contribution in [2.24, 2.45) is 5.16 Å². The van der Waals surface area contributed by atoms with Gasteiger partial charge in [0.2, 0.25) is 0 Å². The van der Waals surface area contributed by atoms with Crippen molar-refractivity contribution in [3.05, 3.63) is 34.9 Å². The van der Waals surface area contributed by atoms with Crippen LogP contribution in [0.15, 0.2) is 23.4 Å². The average molecular weight is 247 g/mol. The van der Waals surface area contributed by atoms with Crippen molar-refractivity contribution in [2.45, 2.75) is 13.1 Å². The van der Waals surface area contributed by atoms with Crippen molar-refractivity contribution in [1.29, 1.82) is 0 Å². The van der Waals surface area contributed by atoms with Gasteiger partial charge < -0.3 is 10.3 Å². The van der Waals surface area contributed by atoms with E-state index in [1.165, 1.54) is 6.92 Å². The molecule has 0 unspecified atom stereocenters. The molecule has 1 aromatic rings. The number of nitrogens with zero attached hydrogens (tertiary/aromatic N) is 1. The lowest BCUT2D eigenvalue weighted by molar-refractivity contribution is -0.0601. The van der Waals surface area contributed by atoms with Crippen LogP contribution in [-0.4, -0.2) is 28.2 Å². The minimum atomic E-state index is -4.80. The van der Waals surface area contributed by atoms with Crippen LogP contribution in [0.1, 0.15) is 21.5 Å². The number of aromatic carboxylic acids is 1. The summed E-state index contributed by atoms with van der Waals surface area (Å²) in [5, 5.41) is 19.2. The Bertz CT molecular complexity index is 480. The monoisotopic (exact) mass is 247 g/mol. The van der Waals surface area contributed by atoms with Gasteiger partial charge in [-0.25, -0.2) is 4.79 Å². The van der Waals surface area contributed by atoms with Crippen LogP contribution in [0.3, 0.4) is 0 Å². The molecule has 92 valence electrons. The van der Waals surface area contributed by atoms with Gasteiger partial charge in [0.05, 0.1) is 5.56 Å². The Morgan fingerprint density at radius 1 is 1.35 bits per heavy atom. The number of halogens is 3. The van der Waals surface area contributed by atoms with Gasteiger partial charge in [0.1, 0.15) is 0 Å². The predicted molar refractivity (Wildman–Crippen MR) is 52.5 cm³/mol. The Morgan fingerprint density at radius 3 is 2.29 bits per heavy atom. The lowest BCUT2D eigenvalue weighted by Gasteiger charge is -2.10. The summed E-state index contributed by atoms with van der Waals surface area (Å²) < 4.78 is 37.2. The summed E-state index contributed by atoms with van der Waals surface area (Å²) in [5.74, 6) is -1.23. The first-order chi connectivity index (χ1) is 7.77. The number of carbonyl (C=O) groups is 1. The molecule has 0 atom stereocenters. The highest BCUT2D eigenvalue weighted by Crippen LogP contribution is 2.23. The molecule has 0 fully saturated rings. The van der Waals surface area contributed by atoms with Crippen LogP contribution in [0, 0.1) is 6.92 Å². The van der Waals surface area contributed by atoms with Gasteiger partial charge in [-0.2, -0.15) is 13.2 Å². The standard InChI is InChI=1S/C10H8F3NO3/c1-5-4-6(2-3-7(5)9(15)16)8(14-17)10(11,12)13/h2-4,17H,1H3,(H,15,16). The second kappa shape index (κ2) is 4.44. The molecule has 17 heavy (non-hydrogen) atoms. The number of oxime groups is 1. The van der Waals surface area contributed by atoms with Gasteiger partial charge >= 0.3 is 12.1 Å². The van der Waals surface area contributed by atoms with E-state index in [1.807, 2.05) is 0 Å². The fourth-order valence-corrected chi connectivity index (χ4v) is 1.33. The van der Waals surface area contributed by atoms with Gasteiger partial charge in [-0.3, -0.25) is 0 Å². The number of carboxylic acids is 1. The normalized spacial score (nSPS) is 12.6. The van der Waals surface area contributed by atoms with E-state index in [1.54, 1.807) is 0 Å². The maximum Gasteiger partial charge on any atom is 0.437 e. The summed E-state index contributed by atoms with van der Waals surface area (Å²) in [5.41, 5.74) is -1.80. The zero-order chi connectivity index (χ0) is 13.2. The number of carboxylic acid groups (broad SMARTS) is 1. The van der Waals surface area contributed by atoms with Crippen molar-refractivity contribution < 1.29 is 28.3 Å². The summed E-state index contributed by atoms with van der Waals surface area (Å²) in [4.78, 5) is 10.7. The number of hydrogen-bond acceptors (Lipinski definition) is 3. The first-order valence-electron chi connectivity index (χ1n) is 4.41. The van der Waals surface area contributed by atoms with Crippen LogP contribution in [0.5, 0.6) is 0 Å². The largest absolute Gasteiger partial charge is 0.478 e. The maximum atomic E-state index is 12.4. The van der Waals surface area contributed by atoms with Gasteiger partial charge in [0.25, 0.3) is 0 Å². The number of rotatable bonds is 2. The minimum absolute atomic E-state index is 0.104. The molecule has 0 aromatic heterocycles. The first kappa shape index (κ1) is 13.0. The fraction of sp³-hybridized carbons (Fsp3) is 0.200. The number of benzene rings is 1. The second-order valence-corrected chi connectivity index (χ2v) is 3.28. The van der Waals surface area contributed by atoms with Gasteiger partial charge in [0.15, 0.2) is 5.71 Å². The van der Waals surface area contributed by atoms with E-state index >= 15 is 0 Å². The molecule has 0 heterocycles. The van der Waals surface area contributed by atoms with Gasteiger partial charge in [-0.05, 0) is 24.6 Å². The summed E-state index contributed by atoms with van der Waals surface area (Å²) in [6.45, 7) is 1.36. The molecule has 0 radical (unpaired) electrons. The van der Waals surface area contributed by atoms with E-state index in [9.17, 15) is 18.0 Å². The number of alkyl halides is 3. The Balaban J connectivity index is 3.27. The van der Waals surface area contributed by atoms with E-state index in [2.05, 4.69) is 5.16 Å². The molecule has 1 aromatic carbocycles. The van der Waals surface area contributed by atoms with E-state index in [0.29, 0.717) is 0 Å². The first-order valence-corrected chi connectivity index (χ1v) is 4.41. The van der Waals surface area contributed by atoms with Gasteiger partial charge in [-0.1, -0.05) is 11.2 Å². The van der Waals surface area contributed by atoms with Crippen LogP contribution >= 0.6 is 0 Å². The van der Waals surface area contributed by atoms with E-state index in [-0.39, 0.29) is 16.7 Å². The lowest BCUT2D eigenvalue weighted by atomic mass is 10.0. The van der Waals surface area contributed by atoms with Crippen molar-refractivity contribution in [3.8, 4) is 0 Å². The molecule has 0 spiro atoms. The summed E-state index contributed by atoms with van der Waals surface area (Å²) in [7, 11) is 0. The minimum Gasteiger partial charge on any atom is -0.478 e. The summed E-state index contributed by atoms with van der Waals surface area (Å²) in [6.07, 6.45) is -4.80. The summed E-state index contributed by atoms with van der Waals surface area (Å²) >= 11 is 0. The smallest absolute Gasteiger partial charge is 0.437 e. The van der Waals surface area contributed by atoms with Crippen LogP contribution in [-0.2, 0) is 0 Å². The van der Waals surface area contributed by atoms with Crippen LogP contribution < -0.4 is 0 Å². The Morgan fingerprint density at radius 2 is 1.94 bits per heavy atom. The number of aryl methyl sites for hydroxylation is 1. The molecular formula is C10H8F3NO3. The van der Waals surface area contributed by atoms with Gasteiger partial charge in [-0.15, -0.1) is 0 Å². The molecule has 0 bridgehead atoms. The zero-order valence-electron chi connectivity index (χ0n) is 8.62. The highest BCUT2D eigenvalue weighted by molar-refractivity contribution is 6.05. The van der Waals surface area contributed by atoms with Crippen LogP contribution in [0.25, 0.3) is 0 Å². The summed E-state index contributed by atoms with van der Waals surface area (Å²) in [6, 6.07) is 2.98. The topological polar surface area (TPSA) is 69.9 Å². The second-order valence-electron chi connectivity index (χ2n) is 3.28. The molecule has 0 amide bonds. The Labute approximate surface area is 94.0 Å². The highest BCUT2D eigenvalue weighted by Gasteiger charge is 2.37. The third-order valence-electron chi connectivity index (χ3n) is 2.10. The molecule has 2 N–H and O–H groups in total. The Hall–Kier alpha value is -2.05. The van der Waals surface area contributed by atoms with E-state index in [4.69, 9.17) is 10.3 Å². The third-order valence-corrected chi connectivity index (χ3v) is 2.10. The van der Waals surface area contributed by atoms with Crippen molar-refractivity contribution in [2.75, 3.05) is 0 Å². The predicted octanol–water partition coefficient (Wildman–Crippen LogP) is 2.43.